The maximum absolute atomic E-state index is 2.28. The molecule has 0 unspecified atom stereocenters. The predicted molar refractivity (Wildman–Crippen MR) is 71.3 cm³/mol. The Morgan fingerprint density at radius 2 is 1.06 bits per heavy atom. The van der Waals surface area contributed by atoms with Gasteiger partial charge in [0.1, 0.15) is 0 Å². The van der Waals surface area contributed by atoms with Gasteiger partial charge < -0.3 is 21.5 Å². The third-order valence-electron chi connectivity index (χ3n) is 2.68. The third-order valence-corrected chi connectivity index (χ3v) is 2.68. The fraction of sp³-hybridized carbons (Fsp3) is 1.00. The molecule has 0 bridgehead atoms. The van der Waals surface area contributed by atoms with Crippen LogP contribution in [0.3, 0.4) is 0 Å². The Bertz CT molecular complexity index is 124. The molecule has 1 radical (unpaired) electrons. The molecule has 0 spiro atoms. The maximum atomic E-state index is 2.28. The van der Waals surface area contributed by atoms with E-state index in [2.05, 4.69) is 28.1 Å². The summed E-state index contributed by atoms with van der Waals surface area (Å²) in [6, 6.07) is 0. The molecular weight excluding hydrogens is 273 g/mol. The van der Waals surface area contributed by atoms with E-state index in [0.29, 0.717) is 0 Å². The molecule has 1 nitrogen and oxygen atoms in total. The van der Waals surface area contributed by atoms with Crippen LogP contribution in [0.5, 0.6) is 0 Å². The van der Waals surface area contributed by atoms with E-state index in [4.69, 9.17) is 0 Å². The maximum Gasteiger partial charge on any atom is 0.0780 e. The normalized spacial score (nSPS) is 10.5. The van der Waals surface area contributed by atoms with Crippen LogP contribution in [0.2, 0.25) is 0 Å². The van der Waals surface area contributed by atoms with Gasteiger partial charge in [-0.3, -0.25) is 0 Å². The first-order chi connectivity index (χ1) is 6.56. The monoisotopic (exact) mass is 302 g/mol. The molecule has 0 N–H and O–H groups in total. The zero-order chi connectivity index (χ0) is 10.9. The molecule has 0 heterocycles. The Hall–Kier alpha value is 1.44. The average Bonchev–Trinajstić information content (AvgIpc) is 2.08. The summed E-state index contributed by atoms with van der Waals surface area (Å²) in [4.78, 5) is 0. The van der Waals surface area contributed by atoms with Crippen molar-refractivity contribution in [3.05, 3.63) is 0 Å². The molecule has 0 saturated heterocycles. The van der Waals surface area contributed by atoms with Crippen LogP contribution in [-0.2, 0) is 0 Å². The van der Waals surface area contributed by atoms with Gasteiger partial charge in [-0.1, -0.05) is 45.4 Å². The zero-order valence-electron chi connectivity index (χ0n) is 12.2. The summed E-state index contributed by atoms with van der Waals surface area (Å²) < 4.78 is 1.12. The largest absolute Gasteiger partial charge is 1.00 e. The van der Waals surface area contributed by atoms with E-state index in [1.807, 2.05) is 0 Å². The van der Waals surface area contributed by atoms with Gasteiger partial charge in [-0.05, 0) is 12.8 Å². The topological polar surface area (TPSA) is 0 Å². The number of hydrogen-bond acceptors (Lipinski definition) is 0. The van der Waals surface area contributed by atoms with Crippen LogP contribution in [0.4, 0.5) is 0 Å². The fourth-order valence-corrected chi connectivity index (χ4v) is 1.72. The second-order valence-corrected chi connectivity index (χ2v) is 5.49. The van der Waals surface area contributed by atoms with Gasteiger partial charge in [0.05, 0.1) is 27.7 Å². The van der Waals surface area contributed by atoms with Crippen LogP contribution in [0.1, 0.15) is 58.3 Å². The average molecular weight is 303 g/mol. The molecule has 0 aromatic heterocycles. The summed E-state index contributed by atoms with van der Waals surface area (Å²) in [5, 5.41) is 0. The molecule has 0 amide bonds. The Kier molecular flexibility index (Phi) is 20.5. The molecule has 0 rings (SSSR count). The van der Waals surface area contributed by atoms with Gasteiger partial charge in [-0.2, -0.15) is 0 Å². The Morgan fingerprint density at radius 1 is 0.688 bits per heavy atom. The minimum Gasteiger partial charge on any atom is -1.00 e. The van der Waals surface area contributed by atoms with Crippen molar-refractivity contribution in [3.8, 4) is 0 Å². The number of hydrogen-bond donors (Lipinski definition) is 0. The van der Waals surface area contributed by atoms with Crippen LogP contribution < -0.4 is 17.0 Å². The van der Waals surface area contributed by atoms with Gasteiger partial charge in [0, 0.05) is 29.6 Å². The number of nitrogens with zero attached hydrogens (tertiary/aromatic N) is 1. The van der Waals surface area contributed by atoms with Gasteiger partial charge in [0.2, 0.25) is 0 Å². The molecule has 0 atom stereocenters. The molecule has 95 valence electrons. The standard InChI is InChI=1S/C13H30N.BrH.Na/c1-5-6-7-8-9-10-11-12-13-14(2,3)4;;/h5-13H2,1-4H3;1H;/q+1;;/p-1. The third kappa shape index (κ3) is 20.8. The van der Waals surface area contributed by atoms with Crippen molar-refractivity contribution in [1.29, 1.82) is 0 Å². The van der Waals surface area contributed by atoms with E-state index in [0.717, 1.165) is 4.48 Å². The molecule has 16 heavy (non-hydrogen) atoms. The number of quaternary nitrogens is 1. The number of unbranched alkanes of at least 4 members (excludes halogenated alkanes) is 7. The van der Waals surface area contributed by atoms with Crippen molar-refractivity contribution >= 4 is 29.6 Å². The zero-order valence-corrected chi connectivity index (χ0v) is 15.8. The van der Waals surface area contributed by atoms with Gasteiger partial charge in [-0.25, -0.2) is 0 Å². The Labute approximate surface area is 136 Å². The summed E-state index contributed by atoms with van der Waals surface area (Å²) in [7, 11) is 6.84. The van der Waals surface area contributed by atoms with E-state index >= 15 is 0 Å². The van der Waals surface area contributed by atoms with Gasteiger partial charge in [0.15, 0.2) is 0 Å². The molecule has 0 fully saturated rings. The predicted octanol–water partition coefficient (Wildman–Crippen LogP) is 0.457. The summed E-state index contributed by atoms with van der Waals surface area (Å²) >= 11 is 0. The molecule has 0 aliphatic rings. The van der Waals surface area contributed by atoms with Crippen molar-refractivity contribution in [2.24, 2.45) is 0 Å². The molecule has 0 saturated carbocycles. The fourth-order valence-electron chi connectivity index (χ4n) is 1.72. The van der Waals surface area contributed by atoms with E-state index in [1.54, 1.807) is 0 Å². The van der Waals surface area contributed by atoms with Crippen molar-refractivity contribution in [2.75, 3.05) is 27.7 Å². The second-order valence-electron chi connectivity index (χ2n) is 5.49. The first-order valence-electron chi connectivity index (χ1n) is 6.36. The number of rotatable bonds is 9. The van der Waals surface area contributed by atoms with E-state index < -0.39 is 0 Å². The summed E-state index contributed by atoms with van der Waals surface area (Å²) in [5.74, 6) is 0. The van der Waals surface area contributed by atoms with Gasteiger partial charge in [-0.15, -0.1) is 0 Å². The molecule has 0 aliphatic heterocycles. The van der Waals surface area contributed by atoms with E-state index in [1.165, 1.54) is 57.9 Å². The molecular formula is C13H30BrNNa. The summed E-state index contributed by atoms with van der Waals surface area (Å²) in [6.45, 7) is 3.61. The van der Waals surface area contributed by atoms with Crippen LogP contribution in [0.15, 0.2) is 0 Å². The first-order valence-corrected chi connectivity index (χ1v) is 6.36. The first kappa shape index (κ1) is 22.6. The second kappa shape index (κ2) is 14.5. The van der Waals surface area contributed by atoms with Crippen molar-refractivity contribution in [2.45, 2.75) is 58.3 Å². The molecule has 3 heteroatoms. The van der Waals surface area contributed by atoms with Gasteiger partial charge in [0.25, 0.3) is 0 Å². The SMILES string of the molecule is CCCCCCCCCC[N+](C)(C)C.[Br-].[Na]. The van der Waals surface area contributed by atoms with Crippen LogP contribution in [-0.4, -0.2) is 61.7 Å². The quantitative estimate of drug-likeness (QED) is 0.330. The van der Waals surface area contributed by atoms with Crippen LogP contribution in [0.25, 0.3) is 0 Å². The Morgan fingerprint density at radius 3 is 1.44 bits per heavy atom. The van der Waals surface area contributed by atoms with Crippen molar-refractivity contribution in [1.82, 2.24) is 0 Å². The van der Waals surface area contributed by atoms with Crippen LogP contribution in [0, 0.1) is 0 Å². The number of halogens is 1. The van der Waals surface area contributed by atoms with Crippen molar-refractivity contribution < 1.29 is 21.5 Å². The molecule has 0 aromatic rings. The van der Waals surface area contributed by atoms with Crippen molar-refractivity contribution in [3.63, 3.8) is 0 Å². The van der Waals surface area contributed by atoms with Crippen LogP contribution >= 0.6 is 0 Å². The summed E-state index contributed by atoms with van der Waals surface area (Å²) in [5.41, 5.74) is 0. The minimum absolute atomic E-state index is 0. The van der Waals surface area contributed by atoms with E-state index in [-0.39, 0.29) is 46.5 Å². The molecule has 0 aliphatic carbocycles. The molecule has 0 aromatic carbocycles. The van der Waals surface area contributed by atoms with E-state index in [9.17, 15) is 0 Å². The summed E-state index contributed by atoms with van der Waals surface area (Å²) in [6.07, 6.45) is 11.4. The minimum atomic E-state index is 0. The van der Waals surface area contributed by atoms with Gasteiger partial charge >= 0.3 is 0 Å². The Balaban J connectivity index is -0.000000845. The smallest absolute Gasteiger partial charge is 0.0780 e.